The summed E-state index contributed by atoms with van der Waals surface area (Å²) in [5, 5.41) is 3.17. The zero-order valence-corrected chi connectivity index (χ0v) is 11.2. The Morgan fingerprint density at radius 1 is 1.27 bits per heavy atom. The summed E-state index contributed by atoms with van der Waals surface area (Å²) in [5.74, 6) is 0. The van der Waals surface area contributed by atoms with Crippen LogP contribution in [0.15, 0.2) is 23.1 Å². The minimum absolute atomic E-state index is 0.287. The zero-order chi connectivity index (χ0) is 11.5. The Hall–Kier alpha value is -0.470. The van der Waals surface area contributed by atoms with E-state index in [0.717, 1.165) is 6.54 Å². The molecule has 0 saturated carbocycles. The summed E-state index contributed by atoms with van der Waals surface area (Å²) in [4.78, 5) is 1.39. The van der Waals surface area contributed by atoms with Crippen molar-refractivity contribution in [2.75, 3.05) is 7.05 Å². The van der Waals surface area contributed by atoms with Gasteiger partial charge in [-0.25, -0.2) is 0 Å². The third-order valence-corrected chi connectivity index (χ3v) is 3.33. The van der Waals surface area contributed by atoms with Gasteiger partial charge in [-0.05, 0) is 31.2 Å². The number of hydrogen-bond donors (Lipinski definition) is 1. The van der Waals surface area contributed by atoms with Gasteiger partial charge in [0.2, 0.25) is 0 Å². The van der Waals surface area contributed by atoms with Crippen LogP contribution in [0.1, 0.15) is 31.9 Å². The van der Waals surface area contributed by atoms with Crippen LogP contribution >= 0.6 is 11.8 Å². The van der Waals surface area contributed by atoms with E-state index in [1.54, 1.807) is 0 Å². The predicted octanol–water partition coefficient (Wildman–Crippen LogP) is 3.61. The number of benzene rings is 1. The highest BCUT2D eigenvalue weighted by Gasteiger charge is 2.13. The van der Waals surface area contributed by atoms with E-state index in [4.69, 9.17) is 0 Å². The summed E-state index contributed by atoms with van der Waals surface area (Å²) in [6, 6.07) is 6.71. The van der Waals surface area contributed by atoms with Crippen LogP contribution in [0.2, 0.25) is 0 Å². The highest BCUT2D eigenvalue weighted by Crippen LogP contribution is 2.34. The molecule has 1 aromatic carbocycles. The second-order valence-electron chi connectivity index (χ2n) is 4.84. The molecule has 1 N–H and O–H groups in total. The van der Waals surface area contributed by atoms with Gasteiger partial charge in [-0.3, -0.25) is 0 Å². The molecule has 2 heteroatoms. The molecule has 15 heavy (non-hydrogen) atoms. The first-order chi connectivity index (χ1) is 6.92. The molecule has 0 heterocycles. The van der Waals surface area contributed by atoms with E-state index in [-0.39, 0.29) is 4.75 Å². The minimum Gasteiger partial charge on any atom is -0.316 e. The summed E-state index contributed by atoms with van der Waals surface area (Å²) in [5.41, 5.74) is 2.73. The lowest BCUT2D eigenvalue weighted by atomic mass is 10.1. The standard InChI is InChI=1S/C13H21NS/c1-10-8-11(9-14-5)6-7-12(10)15-13(2,3)4/h6-8,14H,9H2,1-5H3. The molecule has 0 unspecified atom stereocenters. The Morgan fingerprint density at radius 3 is 2.40 bits per heavy atom. The Labute approximate surface area is 97.7 Å². The van der Waals surface area contributed by atoms with E-state index in [1.165, 1.54) is 16.0 Å². The molecule has 0 bridgehead atoms. The molecule has 84 valence electrons. The topological polar surface area (TPSA) is 12.0 Å². The van der Waals surface area contributed by atoms with Gasteiger partial charge >= 0.3 is 0 Å². The predicted molar refractivity (Wildman–Crippen MR) is 69.6 cm³/mol. The van der Waals surface area contributed by atoms with E-state index < -0.39 is 0 Å². The van der Waals surface area contributed by atoms with E-state index in [2.05, 4.69) is 51.2 Å². The quantitative estimate of drug-likeness (QED) is 0.786. The molecule has 0 aliphatic heterocycles. The van der Waals surface area contributed by atoms with Gasteiger partial charge in [0.05, 0.1) is 0 Å². The van der Waals surface area contributed by atoms with Crippen molar-refractivity contribution in [3.05, 3.63) is 29.3 Å². The number of rotatable bonds is 3. The van der Waals surface area contributed by atoms with E-state index >= 15 is 0 Å². The van der Waals surface area contributed by atoms with Gasteiger partial charge in [0.25, 0.3) is 0 Å². The molecule has 1 aromatic rings. The van der Waals surface area contributed by atoms with Gasteiger partial charge in [0.1, 0.15) is 0 Å². The zero-order valence-electron chi connectivity index (χ0n) is 10.3. The van der Waals surface area contributed by atoms with Crippen LogP contribution in [0.4, 0.5) is 0 Å². The average molecular weight is 223 g/mol. The highest BCUT2D eigenvalue weighted by molar-refractivity contribution is 8.00. The first kappa shape index (κ1) is 12.6. The van der Waals surface area contributed by atoms with E-state index in [1.807, 2.05) is 18.8 Å². The van der Waals surface area contributed by atoms with Crippen LogP contribution < -0.4 is 5.32 Å². The highest BCUT2D eigenvalue weighted by atomic mass is 32.2. The fourth-order valence-corrected chi connectivity index (χ4v) is 2.49. The summed E-state index contributed by atoms with van der Waals surface area (Å²) in [6.07, 6.45) is 0. The van der Waals surface area contributed by atoms with Gasteiger partial charge in [-0.2, -0.15) is 0 Å². The lowest BCUT2D eigenvalue weighted by Gasteiger charge is -2.19. The Balaban J connectivity index is 2.84. The normalized spacial score (nSPS) is 11.8. The summed E-state index contributed by atoms with van der Waals surface area (Å²) < 4.78 is 0.287. The number of aryl methyl sites for hydroxylation is 1. The molecule has 0 aliphatic rings. The van der Waals surface area contributed by atoms with E-state index in [0.29, 0.717) is 0 Å². The van der Waals surface area contributed by atoms with Crippen molar-refractivity contribution in [2.45, 2.75) is 43.9 Å². The third kappa shape index (κ3) is 4.27. The van der Waals surface area contributed by atoms with Crippen LogP contribution in [0.5, 0.6) is 0 Å². The number of thioether (sulfide) groups is 1. The molecular formula is C13H21NS. The van der Waals surface area contributed by atoms with Crippen LogP contribution in [-0.4, -0.2) is 11.8 Å². The van der Waals surface area contributed by atoms with Gasteiger partial charge in [0, 0.05) is 16.2 Å². The fourth-order valence-electron chi connectivity index (χ4n) is 1.47. The molecule has 0 aliphatic carbocycles. The van der Waals surface area contributed by atoms with Crippen LogP contribution in [0.25, 0.3) is 0 Å². The summed E-state index contributed by atoms with van der Waals surface area (Å²) in [7, 11) is 1.98. The second-order valence-corrected chi connectivity index (χ2v) is 6.71. The van der Waals surface area contributed by atoms with Crippen LogP contribution in [-0.2, 0) is 6.54 Å². The van der Waals surface area contributed by atoms with Crippen LogP contribution in [0.3, 0.4) is 0 Å². The molecule has 0 saturated heterocycles. The monoisotopic (exact) mass is 223 g/mol. The lowest BCUT2D eigenvalue weighted by Crippen LogP contribution is -2.08. The number of hydrogen-bond acceptors (Lipinski definition) is 2. The van der Waals surface area contributed by atoms with Gasteiger partial charge < -0.3 is 5.32 Å². The average Bonchev–Trinajstić information content (AvgIpc) is 2.08. The molecular weight excluding hydrogens is 202 g/mol. The molecule has 0 fully saturated rings. The molecule has 0 amide bonds. The van der Waals surface area contributed by atoms with E-state index in [9.17, 15) is 0 Å². The maximum Gasteiger partial charge on any atom is 0.0202 e. The van der Waals surface area contributed by atoms with Crippen molar-refractivity contribution < 1.29 is 0 Å². The number of nitrogens with one attached hydrogen (secondary N) is 1. The fraction of sp³-hybridized carbons (Fsp3) is 0.538. The van der Waals surface area contributed by atoms with Crippen molar-refractivity contribution in [3.63, 3.8) is 0 Å². The van der Waals surface area contributed by atoms with Crippen molar-refractivity contribution >= 4 is 11.8 Å². The van der Waals surface area contributed by atoms with Gasteiger partial charge in [0.15, 0.2) is 0 Å². The van der Waals surface area contributed by atoms with Crippen LogP contribution in [0, 0.1) is 6.92 Å². The second kappa shape index (κ2) is 5.04. The van der Waals surface area contributed by atoms with Gasteiger partial charge in [-0.1, -0.05) is 32.9 Å². The first-order valence-electron chi connectivity index (χ1n) is 5.35. The maximum absolute atomic E-state index is 3.17. The third-order valence-electron chi connectivity index (χ3n) is 2.04. The molecule has 0 atom stereocenters. The smallest absolute Gasteiger partial charge is 0.0202 e. The molecule has 1 nitrogen and oxygen atoms in total. The maximum atomic E-state index is 3.17. The summed E-state index contributed by atoms with van der Waals surface area (Å²) >= 11 is 1.93. The van der Waals surface area contributed by atoms with Crippen molar-refractivity contribution in [3.8, 4) is 0 Å². The van der Waals surface area contributed by atoms with Crippen molar-refractivity contribution in [2.24, 2.45) is 0 Å². The first-order valence-corrected chi connectivity index (χ1v) is 6.17. The molecule has 0 spiro atoms. The molecule has 0 aromatic heterocycles. The van der Waals surface area contributed by atoms with Crippen molar-refractivity contribution in [1.29, 1.82) is 0 Å². The SMILES string of the molecule is CNCc1ccc(SC(C)(C)C)c(C)c1. The molecule has 0 radical (unpaired) electrons. The van der Waals surface area contributed by atoms with Gasteiger partial charge in [-0.15, -0.1) is 11.8 Å². The lowest BCUT2D eigenvalue weighted by molar-refractivity contribution is 0.800. The summed E-state index contributed by atoms with van der Waals surface area (Å²) in [6.45, 7) is 9.88. The largest absolute Gasteiger partial charge is 0.316 e. The minimum atomic E-state index is 0.287. The Kier molecular flexibility index (Phi) is 4.23. The van der Waals surface area contributed by atoms with Crippen molar-refractivity contribution in [1.82, 2.24) is 5.32 Å². The molecule has 1 rings (SSSR count). The Morgan fingerprint density at radius 2 is 1.93 bits per heavy atom. The Bertz CT molecular complexity index is 326.